The minimum atomic E-state index is -0.218. The second kappa shape index (κ2) is 8.70. The lowest BCUT2D eigenvalue weighted by atomic mass is 10.2. The van der Waals surface area contributed by atoms with Crippen LogP contribution < -0.4 is 4.90 Å². The fourth-order valence-corrected chi connectivity index (χ4v) is 4.78. The Kier molecular flexibility index (Phi) is 5.63. The number of aromatic nitrogens is 3. The lowest BCUT2D eigenvalue weighted by Crippen LogP contribution is -2.49. The highest BCUT2D eigenvalue weighted by molar-refractivity contribution is 7.99. The number of carbonyl (C=O) groups is 1. The second-order valence-electron chi connectivity index (χ2n) is 7.89. The summed E-state index contributed by atoms with van der Waals surface area (Å²) in [4.78, 5) is 16.7. The molecule has 0 radical (unpaired) electrons. The first-order valence-electron chi connectivity index (χ1n) is 10.6. The normalized spacial score (nSPS) is 16.5. The maximum Gasteiger partial charge on any atom is 0.233 e. The number of amides is 1. The number of carbonyl (C=O) groups excluding carboxylic acids is 1. The van der Waals surface area contributed by atoms with Crippen molar-refractivity contribution in [3.63, 3.8) is 0 Å². The van der Waals surface area contributed by atoms with Crippen molar-refractivity contribution < 1.29 is 9.18 Å². The van der Waals surface area contributed by atoms with Crippen molar-refractivity contribution in [2.24, 2.45) is 0 Å². The van der Waals surface area contributed by atoms with E-state index in [1.807, 2.05) is 46.2 Å². The van der Waals surface area contributed by atoms with E-state index in [0.717, 1.165) is 29.5 Å². The van der Waals surface area contributed by atoms with Crippen LogP contribution in [-0.4, -0.2) is 57.5 Å². The Morgan fingerprint density at radius 3 is 2.39 bits per heavy atom. The average Bonchev–Trinajstić information content (AvgIpc) is 3.57. The molecular weight excluding hydrogens is 413 g/mol. The Balaban J connectivity index is 1.22. The monoisotopic (exact) mass is 437 g/mol. The van der Waals surface area contributed by atoms with E-state index in [2.05, 4.69) is 14.8 Å². The average molecular weight is 438 g/mol. The molecule has 1 aromatic heterocycles. The Bertz CT molecular complexity index is 1060. The van der Waals surface area contributed by atoms with E-state index >= 15 is 0 Å². The molecular formula is C23H24FN5OS. The number of rotatable bonds is 6. The molecule has 2 aromatic carbocycles. The fraction of sp³-hybridized carbons (Fsp3) is 0.348. The molecule has 2 heterocycles. The molecule has 8 heteroatoms. The van der Waals surface area contributed by atoms with Crippen LogP contribution in [0.4, 0.5) is 10.1 Å². The van der Waals surface area contributed by atoms with Crippen LogP contribution in [0.5, 0.6) is 0 Å². The van der Waals surface area contributed by atoms with Crippen LogP contribution in [-0.2, 0) is 4.79 Å². The molecule has 3 aromatic rings. The van der Waals surface area contributed by atoms with Crippen LogP contribution in [0, 0.1) is 5.82 Å². The summed E-state index contributed by atoms with van der Waals surface area (Å²) in [6.45, 7) is 2.44. The van der Waals surface area contributed by atoms with Gasteiger partial charge in [-0.1, -0.05) is 42.1 Å². The van der Waals surface area contributed by atoms with Crippen molar-refractivity contribution in [2.75, 3.05) is 36.8 Å². The zero-order chi connectivity index (χ0) is 21.2. The Morgan fingerprint density at radius 1 is 0.968 bits per heavy atom. The van der Waals surface area contributed by atoms with Gasteiger partial charge in [-0.05, 0) is 37.1 Å². The molecule has 2 aliphatic rings. The summed E-state index contributed by atoms with van der Waals surface area (Å²) in [5.74, 6) is 1.62. The van der Waals surface area contributed by atoms with Gasteiger partial charge in [0.2, 0.25) is 5.91 Å². The topological polar surface area (TPSA) is 54.3 Å². The number of piperazine rings is 1. The molecule has 0 unspecified atom stereocenters. The number of hydrogen-bond donors (Lipinski definition) is 0. The Hall–Kier alpha value is -2.87. The Labute approximate surface area is 185 Å². The van der Waals surface area contributed by atoms with Crippen LogP contribution in [0.25, 0.3) is 5.69 Å². The summed E-state index contributed by atoms with van der Waals surface area (Å²) < 4.78 is 16.1. The van der Waals surface area contributed by atoms with E-state index in [9.17, 15) is 9.18 Å². The first-order chi connectivity index (χ1) is 15.2. The van der Waals surface area contributed by atoms with Gasteiger partial charge < -0.3 is 9.80 Å². The maximum absolute atomic E-state index is 14.0. The van der Waals surface area contributed by atoms with Crippen LogP contribution in [0.2, 0.25) is 0 Å². The number of para-hydroxylation sites is 2. The fourth-order valence-electron chi connectivity index (χ4n) is 3.92. The maximum atomic E-state index is 14.0. The number of anilines is 1. The van der Waals surface area contributed by atoms with Crippen LogP contribution in [0.1, 0.15) is 24.6 Å². The lowest BCUT2D eigenvalue weighted by molar-refractivity contribution is -0.128. The lowest BCUT2D eigenvalue weighted by Gasteiger charge is -2.36. The molecule has 6 nitrogen and oxygen atoms in total. The molecule has 31 heavy (non-hydrogen) atoms. The number of thioether (sulfide) groups is 1. The standard InChI is InChI=1S/C23H24FN5OS/c24-19-8-4-5-9-20(19)27-12-14-28(15-13-27)21(30)16-31-23-26-25-22(17-10-11-17)29(23)18-6-2-1-3-7-18/h1-9,17H,10-16H2. The molecule has 2 fully saturated rings. The highest BCUT2D eigenvalue weighted by Crippen LogP contribution is 2.41. The summed E-state index contributed by atoms with van der Waals surface area (Å²) >= 11 is 1.43. The third kappa shape index (κ3) is 4.30. The molecule has 1 aliphatic carbocycles. The first kappa shape index (κ1) is 20.1. The molecule has 0 N–H and O–H groups in total. The second-order valence-corrected chi connectivity index (χ2v) is 8.84. The zero-order valence-corrected chi connectivity index (χ0v) is 18.0. The van der Waals surface area contributed by atoms with Crippen LogP contribution in [0.15, 0.2) is 59.8 Å². The van der Waals surface area contributed by atoms with E-state index in [1.54, 1.807) is 12.1 Å². The molecule has 1 amide bonds. The minimum Gasteiger partial charge on any atom is -0.366 e. The predicted molar refractivity (Wildman–Crippen MR) is 119 cm³/mol. The summed E-state index contributed by atoms with van der Waals surface area (Å²) in [6.07, 6.45) is 2.28. The van der Waals surface area contributed by atoms with Gasteiger partial charge in [-0.15, -0.1) is 10.2 Å². The first-order valence-corrected chi connectivity index (χ1v) is 11.6. The zero-order valence-electron chi connectivity index (χ0n) is 17.2. The summed E-state index contributed by atoms with van der Waals surface area (Å²) in [6, 6.07) is 16.9. The summed E-state index contributed by atoms with van der Waals surface area (Å²) in [5.41, 5.74) is 1.63. The largest absolute Gasteiger partial charge is 0.366 e. The van der Waals surface area contributed by atoms with E-state index in [4.69, 9.17) is 0 Å². The molecule has 160 valence electrons. The van der Waals surface area contributed by atoms with Crippen molar-refractivity contribution in [3.05, 3.63) is 66.2 Å². The molecule has 0 bridgehead atoms. The minimum absolute atomic E-state index is 0.0776. The van der Waals surface area contributed by atoms with E-state index in [-0.39, 0.29) is 11.7 Å². The van der Waals surface area contributed by atoms with E-state index in [1.165, 1.54) is 17.8 Å². The van der Waals surface area contributed by atoms with E-state index in [0.29, 0.717) is 43.5 Å². The van der Waals surface area contributed by atoms with Gasteiger partial charge in [0.05, 0.1) is 11.4 Å². The SMILES string of the molecule is O=C(CSc1nnc(C2CC2)n1-c1ccccc1)N1CCN(c2ccccc2F)CC1. The van der Waals surface area contributed by atoms with Gasteiger partial charge >= 0.3 is 0 Å². The molecule has 1 aliphatic heterocycles. The van der Waals surface area contributed by atoms with Gasteiger partial charge in [-0.25, -0.2) is 4.39 Å². The van der Waals surface area contributed by atoms with Gasteiger partial charge in [0.15, 0.2) is 5.16 Å². The predicted octanol–water partition coefficient (Wildman–Crippen LogP) is 3.72. The molecule has 1 saturated heterocycles. The van der Waals surface area contributed by atoms with E-state index < -0.39 is 0 Å². The quantitative estimate of drug-likeness (QED) is 0.550. The van der Waals surface area contributed by atoms with Gasteiger partial charge in [0, 0.05) is 37.8 Å². The highest BCUT2D eigenvalue weighted by Gasteiger charge is 2.31. The van der Waals surface area contributed by atoms with Crippen molar-refractivity contribution in [1.82, 2.24) is 19.7 Å². The smallest absolute Gasteiger partial charge is 0.233 e. The number of nitrogens with zero attached hydrogens (tertiary/aromatic N) is 5. The van der Waals surface area contributed by atoms with Crippen LogP contribution in [0.3, 0.4) is 0 Å². The van der Waals surface area contributed by atoms with Crippen molar-refractivity contribution in [1.29, 1.82) is 0 Å². The Morgan fingerprint density at radius 2 is 1.68 bits per heavy atom. The summed E-state index contributed by atoms with van der Waals surface area (Å²) in [7, 11) is 0. The van der Waals surface area contributed by atoms with Gasteiger partial charge in [-0.2, -0.15) is 0 Å². The van der Waals surface area contributed by atoms with Crippen molar-refractivity contribution in [2.45, 2.75) is 23.9 Å². The van der Waals surface area contributed by atoms with Crippen molar-refractivity contribution >= 4 is 23.4 Å². The van der Waals surface area contributed by atoms with Gasteiger partial charge in [-0.3, -0.25) is 9.36 Å². The number of benzene rings is 2. The van der Waals surface area contributed by atoms with Crippen LogP contribution >= 0.6 is 11.8 Å². The highest BCUT2D eigenvalue weighted by atomic mass is 32.2. The number of hydrogen-bond acceptors (Lipinski definition) is 5. The van der Waals surface area contributed by atoms with Gasteiger partial charge in [0.25, 0.3) is 0 Å². The third-order valence-electron chi connectivity index (χ3n) is 5.77. The molecule has 1 saturated carbocycles. The van der Waals surface area contributed by atoms with Crippen molar-refractivity contribution in [3.8, 4) is 5.69 Å². The molecule has 0 spiro atoms. The number of halogens is 1. The van der Waals surface area contributed by atoms with Gasteiger partial charge in [0.1, 0.15) is 11.6 Å². The molecule has 0 atom stereocenters. The molecule has 5 rings (SSSR count). The third-order valence-corrected chi connectivity index (χ3v) is 6.68. The summed E-state index contributed by atoms with van der Waals surface area (Å²) in [5, 5.41) is 9.57.